The van der Waals surface area contributed by atoms with Gasteiger partial charge in [0.15, 0.2) is 0 Å². The van der Waals surface area contributed by atoms with Crippen LogP contribution in [0.3, 0.4) is 0 Å². The van der Waals surface area contributed by atoms with E-state index in [1.165, 1.54) is 0 Å². The third-order valence-corrected chi connectivity index (χ3v) is 19.5. The summed E-state index contributed by atoms with van der Waals surface area (Å²) in [6, 6.07) is 0. The van der Waals surface area contributed by atoms with Gasteiger partial charge in [0.1, 0.15) is 0 Å². The van der Waals surface area contributed by atoms with Crippen LogP contribution in [0.4, 0.5) is 0 Å². The van der Waals surface area contributed by atoms with Gasteiger partial charge in [-0.05, 0) is 11.5 Å². The van der Waals surface area contributed by atoms with Gasteiger partial charge in [-0.2, -0.15) is 12.6 Å². The highest BCUT2D eigenvalue weighted by molar-refractivity contribution is 7.86. The van der Waals surface area contributed by atoms with E-state index in [-0.39, 0.29) is 9.03 Å². The Morgan fingerprint density at radius 2 is 1.28 bits per heavy atom. The van der Waals surface area contributed by atoms with E-state index in [1.807, 2.05) is 0 Å². The van der Waals surface area contributed by atoms with Crippen molar-refractivity contribution in [2.45, 2.75) is 56.2 Å². The lowest BCUT2D eigenvalue weighted by atomic mass is 10.2. The van der Waals surface area contributed by atoms with Crippen molar-refractivity contribution in [1.29, 1.82) is 0 Å². The quantitative estimate of drug-likeness (QED) is 0.601. The third kappa shape index (κ3) is 2.60. The van der Waals surface area contributed by atoms with Crippen molar-refractivity contribution in [3.05, 3.63) is 0 Å². The minimum atomic E-state index is -2.79. The standard InChI is InChI=1S/C12H30O3SSi2/c1-10-12(16,17(8,9)11(2,3)4)18(13-5,14-6)15-7/h16H,10H2,1-9H3/t12-/m0/s1. The van der Waals surface area contributed by atoms with E-state index in [0.717, 1.165) is 6.42 Å². The van der Waals surface area contributed by atoms with Gasteiger partial charge < -0.3 is 13.3 Å². The van der Waals surface area contributed by atoms with Crippen LogP contribution in [0.1, 0.15) is 34.1 Å². The highest BCUT2D eigenvalue weighted by Gasteiger charge is 2.67. The number of hydrogen-bond donors (Lipinski definition) is 1. The molecule has 0 unspecified atom stereocenters. The van der Waals surface area contributed by atoms with Gasteiger partial charge in [0, 0.05) is 21.3 Å². The molecule has 0 spiro atoms. The van der Waals surface area contributed by atoms with Gasteiger partial charge in [0.2, 0.25) is 0 Å². The minimum absolute atomic E-state index is 0.193. The van der Waals surface area contributed by atoms with Crippen molar-refractivity contribution in [1.82, 2.24) is 0 Å². The molecule has 0 aliphatic heterocycles. The predicted octanol–water partition coefficient (Wildman–Crippen LogP) is 3.53. The van der Waals surface area contributed by atoms with Crippen molar-refractivity contribution in [2.24, 2.45) is 0 Å². The van der Waals surface area contributed by atoms with Crippen LogP contribution in [-0.4, -0.2) is 42.2 Å². The summed E-state index contributed by atoms with van der Waals surface area (Å²) in [6.45, 7) is 13.7. The molecule has 0 aliphatic rings. The van der Waals surface area contributed by atoms with E-state index in [1.54, 1.807) is 21.3 Å². The van der Waals surface area contributed by atoms with E-state index in [2.05, 4.69) is 40.8 Å². The molecule has 0 saturated carbocycles. The Morgan fingerprint density at radius 3 is 1.44 bits per heavy atom. The molecule has 0 fully saturated rings. The SMILES string of the molecule is CC[C@@](S)([Si](OC)(OC)OC)[Si](C)(C)C(C)(C)C. The summed E-state index contributed by atoms with van der Waals surface area (Å²) in [4.78, 5) is 0. The van der Waals surface area contributed by atoms with Crippen molar-refractivity contribution in [3.63, 3.8) is 0 Å². The monoisotopic (exact) mass is 310 g/mol. The van der Waals surface area contributed by atoms with Crippen LogP contribution in [0, 0.1) is 0 Å². The number of rotatable bonds is 6. The van der Waals surface area contributed by atoms with Crippen molar-refractivity contribution < 1.29 is 13.3 Å². The third-order valence-electron chi connectivity index (χ3n) is 4.73. The Labute approximate surface area is 120 Å². The Kier molecular flexibility index (Phi) is 6.19. The summed E-state index contributed by atoms with van der Waals surface area (Å²) in [5.74, 6) is 0. The molecule has 110 valence electrons. The van der Waals surface area contributed by atoms with Crippen LogP contribution in [0.2, 0.25) is 18.1 Å². The normalized spacial score (nSPS) is 17.7. The van der Waals surface area contributed by atoms with Crippen molar-refractivity contribution >= 4 is 29.5 Å². The first kappa shape index (κ1) is 18.7. The van der Waals surface area contributed by atoms with Gasteiger partial charge in [-0.3, -0.25) is 0 Å². The van der Waals surface area contributed by atoms with Gasteiger partial charge in [0.05, 0.1) is 12.1 Å². The first-order chi connectivity index (χ1) is 7.99. The molecule has 0 N–H and O–H groups in total. The maximum atomic E-state index is 5.73. The van der Waals surface area contributed by atoms with Crippen LogP contribution in [0.15, 0.2) is 0 Å². The Balaban J connectivity index is 5.90. The molecule has 0 bridgehead atoms. The predicted molar refractivity (Wildman–Crippen MR) is 86.0 cm³/mol. The second kappa shape index (κ2) is 5.97. The summed E-state index contributed by atoms with van der Waals surface area (Å²) in [5, 5.41) is 0.193. The lowest BCUT2D eigenvalue weighted by molar-refractivity contribution is 0.115. The summed E-state index contributed by atoms with van der Waals surface area (Å²) in [5.41, 5.74) is 0. The van der Waals surface area contributed by atoms with Gasteiger partial charge in [0.25, 0.3) is 0 Å². The van der Waals surface area contributed by atoms with Crippen LogP contribution >= 0.6 is 12.6 Å². The lowest BCUT2D eigenvalue weighted by Gasteiger charge is -2.54. The second-order valence-electron chi connectivity index (χ2n) is 6.26. The van der Waals surface area contributed by atoms with Gasteiger partial charge >= 0.3 is 8.80 Å². The zero-order chi connectivity index (χ0) is 14.8. The van der Waals surface area contributed by atoms with Crippen LogP contribution < -0.4 is 0 Å². The van der Waals surface area contributed by atoms with E-state index < -0.39 is 16.9 Å². The van der Waals surface area contributed by atoms with Gasteiger partial charge in [-0.15, -0.1) is 0 Å². The molecule has 0 aromatic carbocycles. The summed E-state index contributed by atoms with van der Waals surface area (Å²) >= 11 is 5.06. The van der Waals surface area contributed by atoms with Crippen LogP contribution in [0.5, 0.6) is 0 Å². The van der Waals surface area contributed by atoms with E-state index in [4.69, 9.17) is 25.9 Å². The molecule has 0 heterocycles. The minimum Gasteiger partial charge on any atom is -0.376 e. The lowest BCUT2D eigenvalue weighted by Crippen LogP contribution is -2.73. The molecule has 1 atom stereocenters. The topological polar surface area (TPSA) is 27.7 Å². The van der Waals surface area contributed by atoms with Crippen LogP contribution in [0.25, 0.3) is 0 Å². The Morgan fingerprint density at radius 1 is 0.944 bits per heavy atom. The van der Waals surface area contributed by atoms with E-state index in [9.17, 15) is 0 Å². The Bertz CT molecular complexity index is 263. The largest absolute Gasteiger partial charge is 0.513 e. The molecule has 0 rings (SSSR count). The van der Waals surface area contributed by atoms with E-state index in [0.29, 0.717) is 0 Å². The molecule has 0 aromatic heterocycles. The number of hydrogen-bond acceptors (Lipinski definition) is 4. The average molecular weight is 311 g/mol. The van der Waals surface area contributed by atoms with Gasteiger partial charge in [-0.1, -0.05) is 40.8 Å². The van der Waals surface area contributed by atoms with Crippen LogP contribution in [-0.2, 0) is 13.3 Å². The number of thiol groups is 1. The molecule has 0 saturated heterocycles. The molecule has 0 aromatic rings. The molecule has 0 amide bonds. The maximum Gasteiger partial charge on any atom is 0.513 e. The molecule has 3 nitrogen and oxygen atoms in total. The first-order valence-electron chi connectivity index (χ1n) is 6.37. The fourth-order valence-electron chi connectivity index (χ4n) is 2.42. The summed E-state index contributed by atoms with van der Waals surface area (Å²) in [6.07, 6.45) is 0.883. The first-order valence-corrected chi connectivity index (χ1v) is 11.5. The molecule has 6 heteroatoms. The molecular weight excluding hydrogens is 280 g/mol. The fourth-order valence-corrected chi connectivity index (χ4v) is 13.4. The molecule has 0 radical (unpaired) electrons. The summed E-state index contributed by atoms with van der Waals surface area (Å²) in [7, 11) is 0.424. The van der Waals surface area contributed by atoms with Gasteiger partial charge in [-0.25, -0.2) is 0 Å². The molecule has 0 aliphatic carbocycles. The molecule has 18 heavy (non-hydrogen) atoms. The highest BCUT2D eigenvalue weighted by Crippen LogP contribution is 2.51. The average Bonchev–Trinajstić information content (AvgIpc) is 2.29. The highest BCUT2D eigenvalue weighted by atomic mass is 32.1. The van der Waals surface area contributed by atoms with E-state index >= 15 is 0 Å². The van der Waals surface area contributed by atoms with Crippen molar-refractivity contribution in [3.8, 4) is 0 Å². The summed E-state index contributed by atoms with van der Waals surface area (Å²) < 4.78 is 16.9. The second-order valence-corrected chi connectivity index (χ2v) is 17.2. The Hall–Kier alpha value is 0.664. The van der Waals surface area contributed by atoms with Crippen molar-refractivity contribution in [2.75, 3.05) is 21.3 Å². The smallest absolute Gasteiger partial charge is 0.376 e. The maximum absolute atomic E-state index is 5.73. The fraction of sp³-hybridized carbons (Fsp3) is 1.00. The molecular formula is C12H30O3SSi2. The zero-order valence-electron chi connectivity index (χ0n) is 13.4. The zero-order valence-corrected chi connectivity index (χ0v) is 16.3.